The third kappa shape index (κ3) is 5.21. The first-order chi connectivity index (χ1) is 15.0. The van der Waals surface area contributed by atoms with Crippen molar-refractivity contribution in [3.63, 3.8) is 0 Å². The first-order valence-corrected chi connectivity index (χ1v) is 13.7. The van der Waals surface area contributed by atoms with Crippen molar-refractivity contribution in [1.82, 2.24) is 0 Å². The normalized spacial score (nSPS) is 11.4. The van der Waals surface area contributed by atoms with Crippen LogP contribution in [-0.4, -0.2) is 32.0 Å². The Kier molecular flexibility index (Phi) is 7.94. The van der Waals surface area contributed by atoms with Gasteiger partial charge in [-0.3, -0.25) is 0 Å². The van der Waals surface area contributed by atoms with Crippen LogP contribution < -0.4 is 14.7 Å². The Morgan fingerprint density at radius 3 is 1.77 bits per heavy atom. The largest absolute Gasteiger partial charge is 0.860 e. The Bertz CT molecular complexity index is 1140. The molecule has 0 aliphatic carbocycles. The Morgan fingerprint density at radius 1 is 0.677 bits per heavy atom. The summed E-state index contributed by atoms with van der Waals surface area (Å²) in [4.78, 5) is 0. The van der Waals surface area contributed by atoms with Gasteiger partial charge in [0.15, 0.2) is 0 Å². The molecular formula is C26H31BO3P-. The number of benzene rings is 4. The molecule has 0 saturated heterocycles. The molecule has 0 spiro atoms. The second-order valence-electron chi connectivity index (χ2n) is 7.85. The number of rotatable bonds is 6. The van der Waals surface area contributed by atoms with E-state index >= 15 is 0 Å². The molecule has 0 bridgehead atoms. The SMILES string of the molecule is CC[P+](CC)(CC)CC.[O-]B([O-])Oc1cccc2ccc3cc4ccccc4cc3c12. The molecule has 0 N–H and O–H groups in total. The van der Waals surface area contributed by atoms with Crippen molar-refractivity contribution in [2.24, 2.45) is 0 Å². The third-order valence-corrected chi connectivity index (χ3v) is 12.0. The molecule has 0 aliphatic heterocycles. The summed E-state index contributed by atoms with van der Waals surface area (Å²) in [7, 11) is -2.75. The summed E-state index contributed by atoms with van der Waals surface area (Å²) in [5.41, 5.74) is 0. The average molecular weight is 433 g/mol. The van der Waals surface area contributed by atoms with Gasteiger partial charge in [0.25, 0.3) is 0 Å². The third-order valence-electron chi connectivity index (χ3n) is 6.59. The minimum atomic E-state index is -2.33. The number of hydrogen-bond donors (Lipinski definition) is 0. The number of hydrogen-bond acceptors (Lipinski definition) is 3. The first-order valence-electron chi connectivity index (χ1n) is 11.1. The molecule has 0 atom stereocenters. The van der Waals surface area contributed by atoms with Crippen LogP contribution in [0.25, 0.3) is 32.3 Å². The highest BCUT2D eigenvalue weighted by atomic mass is 31.2. The van der Waals surface area contributed by atoms with E-state index in [2.05, 4.69) is 45.9 Å². The molecular weight excluding hydrogens is 402 g/mol. The van der Waals surface area contributed by atoms with Crippen LogP contribution in [0.5, 0.6) is 5.75 Å². The van der Waals surface area contributed by atoms with Crippen molar-refractivity contribution < 1.29 is 14.7 Å². The van der Waals surface area contributed by atoms with E-state index in [-0.39, 0.29) is 0 Å². The van der Waals surface area contributed by atoms with Gasteiger partial charge in [0.05, 0.1) is 24.6 Å². The van der Waals surface area contributed by atoms with Gasteiger partial charge in [-0.2, -0.15) is 0 Å². The smallest absolute Gasteiger partial charge is 0.133 e. The zero-order valence-electron chi connectivity index (χ0n) is 18.9. The molecule has 0 aliphatic rings. The maximum absolute atomic E-state index is 10.9. The van der Waals surface area contributed by atoms with Gasteiger partial charge in [0.1, 0.15) is 13.1 Å². The van der Waals surface area contributed by atoms with Gasteiger partial charge in [-0.15, -0.1) is 0 Å². The summed E-state index contributed by atoms with van der Waals surface area (Å²) in [5.74, 6) is 0.341. The summed E-state index contributed by atoms with van der Waals surface area (Å²) in [6, 6.07) is 21.7. The van der Waals surface area contributed by atoms with E-state index in [0.717, 1.165) is 32.3 Å². The summed E-state index contributed by atoms with van der Waals surface area (Å²) in [6.45, 7) is 9.41. The fraction of sp³-hybridized carbons (Fsp3) is 0.308. The molecule has 4 aromatic carbocycles. The Morgan fingerprint density at radius 2 is 1.23 bits per heavy atom. The Balaban J connectivity index is 0.000000259. The summed E-state index contributed by atoms with van der Waals surface area (Å²) >= 11 is 0. The van der Waals surface area contributed by atoms with Crippen LogP contribution in [-0.2, 0) is 0 Å². The lowest BCUT2D eigenvalue weighted by Crippen LogP contribution is -2.50. The molecule has 3 nitrogen and oxygen atoms in total. The van der Waals surface area contributed by atoms with Crippen LogP contribution in [0.3, 0.4) is 0 Å². The Labute approximate surface area is 186 Å². The van der Waals surface area contributed by atoms with Crippen molar-refractivity contribution in [3.05, 3.63) is 66.7 Å². The molecule has 0 heterocycles. The van der Waals surface area contributed by atoms with Crippen LogP contribution in [0.2, 0.25) is 0 Å². The lowest BCUT2D eigenvalue weighted by molar-refractivity contribution is -0.372. The van der Waals surface area contributed by atoms with Gasteiger partial charge < -0.3 is 14.7 Å². The summed E-state index contributed by atoms with van der Waals surface area (Å²) in [5, 5.41) is 27.9. The van der Waals surface area contributed by atoms with E-state index in [0.29, 0.717) is 5.75 Å². The van der Waals surface area contributed by atoms with Gasteiger partial charge in [0, 0.05) is 12.6 Å². The van der Waals surface area contributed by atoms with E-state index < -0.39 is 14.6 Å². The summed E-state index contributed by atoms with van der Waals surface area (Å²) < 4.78 is 4.94. The first kappa shape index (κ1) is 23.5. The summed E-state index contributed by atoms with van der Waals surface area (Å²) in [6.07, 6.45) is 5.82. The van der Waals surface area contributed by atoms with Crippen molar-refractivity contribution in [1.29, 1.82) is 0 Å². The molecule has 0 aromatic heterocycles. The second kappa shape index (κ2) is 10.5. The highest BCUT2D eigenvalue weighted by Gasteiger charge is 2.27. The molecule has 31 heavy (non-hydrogen) atoms. The van der Waals surface area contributed by atoms with Gasteiger partial charge in [-0.25, -0.2) is 0 Å². The van der Waals surface area contributed by atoms with Crippen molar-refractivity contribution >= 4 is 46.9 Å². The van der Waals surface area contributed by atoms with Crippen molar-refractivity contribution in [2.75, 3.05) is 24.6 Å². The van der Waals surface area contributed by atoms with Crippen molar-refractivity contribution in [3.8, 4) is 5.75 Å². The van der Waals surface area contributed by atoms with E-state index in [9.17, 15) is 10.0 Å². The minimum absolute atomic E-state index is 0.341. The van der Waals surface area contributed by atoms with Crippen LogP contribution in [0.4, 0.5) is 0 Å². The maximum Gasteiger partial charge on any atom is 0.133 e. The molecule has 4 aromatic rings. The lowest BCUT2D eigenvalue weighted by atomic mass is 9.97. The molecule has 0 fully saturated rings. The molecule has 5 heteroatoms. The van der Waals surface area contributed by atoms with E-state index in [1.165, 1.54) is 24.6 Å². The fourth-order valence-corrected chi connectivity index (χ4v) is 6.99. The quantitative estimate of drug-likeness (QED) is 0.179. The van der Waals surface area contributed by atoms with Gasteiger partial charge in [-0.1, -0.05) is 48.5 Å². The standard InChI is InChI=1S/C18H11BO3.C8H20P/c20-19(21)22-17-7-3-6-12-8-9-15-10-13-4-1-2-5-14(13)11-16(15)18(12)17;1-5-9(6-2,7-3)8-4/h1-11H;5-8H2,1-4H3/q-2;+1. The lowest BCUT2D eigenvalue weighted by Gasteiger charge is -2.27. The van der Waals surface area contributed by atoms with Crippen LogP contribution in [0.1, 0.15) is 27.7 Å². The predicted molar refractivity (Wildman–Crippen MR) is 134 cm³/mol. The molecule has 4 rings (SSSR count). The number of fused-ring (bicyclic) bond motifs is 4. The van der Waals surface area contributed by atoms with Crippen LogP contribution >= 0.6 is 7.26 Å². The molecule has 0 saturated carbocycles. The van der Waals surface area contributed by atoms with Crippen molar-refractivity contribution in [2.45, 2.75) is 27.7 Å². The highest BCUT2D eigenvalue weighted by molar-refractivity contribution is 7.75. The monoisotopic (exact) mass is 433 g/mol. The van der Waals surface area contributed by atoms with Gasteiger partial charge in [0.2, 0.25) is 0 Å². The minimum Gasteiger partial charge on any atom is -0.860 e. The van der Waals surface area contributed by atoms with E-state index in [1.54, 1.807) is 12.1 Å². The zero-order valence-corrected chi connectivity index (χ0v) is 19.8. The molecule has 162 valence electrons. The second-order valence-corrected chi connectivity index (χ2v) is 13.1. The molecule has 0 amide bonds. The maximum atomic E-state index is 10.9. The van der Waals surface area contributed by atoms with E-state index in [4.69, 9.17) is 4.65 Å². The fourth-order valence-electron chi connectivity index (χ4n) is 4.31. The van der Waals surface area contributed by atoms with E-state index in [1.807, 2.05) is 36.4 Å². The van der Waals surface area contributed by atoms with Crippen LogP contribution in [0.15, 0.2) is 66.7 Å². The van der Waals surface area contributed by atoms with Gasteiger partial charge >= 0.3 is 0 Å². The molecule has 0 unspecified atom stereocenters. The highest BCUT2D eigenvalue weighted by Crippen LogP contribution is 2.57. The topological polar surface area (TPSA) is 55.3 Å². The molecule has 0 radical (unpaired) electrons. The average Bonchev–Trinajstić information content (AvgIpc) is 2.80. The van der Waals surface area contributed by atoms with Gasteiger partial charge in [-0.05, 0) is 72.8 Å². The zero-order chi connectivity index (χ0) is 22.4. The van der Waals surface area contributed by atoms with Crippen LogP contribution in [0, 0.1) is 0 Å². The Hall–Kier alpha value is -2.13. The predicted octanol–water partition coefficient (Wildman–Crippen LogP) is 5.31.